The lowest BCUT2D eigenvalue weighted by molar-refractivity contribution is 0.150. The fourth-order valence-corrected chi connectivity index (χ4v) is 2.48. The van der Waals surface area contributed by atoms with Crippen LogP contribution in [0.1, 0.15) is 18.4 Å². The molecule has 1 aromatic carbocycles. The van der Waals surface area contributed by atoms with Crippen molar-refractivity contribution in [1.82, 2.24) is 0 Å². The highest BCUT2D eigenvalue weighted by atomic mass is 79.9. The molecular formula is C12H15BrO3. The molecule has 1 aromatic rings. The van der Waals surface area contributed by atoms with E-state index in [2.05, 4.69) is 15.9 Å². The lowest BCUT2D eigenvalue weighted by atomic mass is 10.1. The molecule has 0 saturated heterocycles. The zero-order valence-corrected chi connectivity index (χ0v) is 11.0. The number of halogens is 1. The molecule has 0 bridgehead atoms. The Morgan fingerprint density at radius 1 is 1.31 bits per heavy atom. The van der Waals surface area contributed by atoms with Crippen molar-refractivity contribution < 1.29 is 14.6 Å². The summed E-state index contributed by atoms with van der Waals surface area (Å²) in [7, 11) is 3.24. The van der Waals surface area contributed by atoms with E-state index in [-0.39, 0.29) is 0 Å². The van der Waals surface area contributed by atoms with E-state index in [1.54, 1.807) is 14.2 Å². The molecule has 2 rings (SSSR count). The Bertz CT molecular complexity index is 399. The first-order valence-electron chi connectivity index (χ1n) is 5.21. The number of hydrogen-bond acceptors (Lipinski definition) is 3. The Morgan fingerprint density at radius 2 is 2.00 bits per heavy atom. The Kier molecular flexibility index (Phi) is 3.13. The molecule has 0 unspecified atom stereocenters. The maximum atomic E-state index is 9.92. The smallest absolute Gasteiger partial charge is 0.140 e. The van der Waals surface area contributed by atoms with Crippen LogP contribution in [0.5, 0.6) is 11.5 Å². The molecule has 1 fully saturated rings. The quantitative estimate of drug-likeness (QED) is 0.925. The van der Waals surface area contributed by atoms with Crippen molar-refractivity contribution in [2.45, 2.75) is 24.9 Å². The standard InChI is InChI=1S/C12H15BrO3/c1-15-9-4-3-8(7-12(14)5-6-12)11(16-2)10(9)13/h3-4,14H,5-7H2,1-2H3. The van der Waals surface area contributed by atoms with Gasteiger partial charge >= 0.3 is 0 Å². The number of aliphatic hydroxyl groups is 1. The highest BCUT2D eigenvalue weighted by Gasteiger charge is 2.41. The third-order valence-corrected chi connectivity index (χ3v) is 3.66. The summed E-state index contributed by atoms with van der Waals surface area (Å²) in [4.78, 5) is 0. The molecule has 3 nitrogen and oxygen atoms in total. The zero-order chi connectivity index (χ0) is 11.8. The van der Waals surface area contributed by atoms with Crippen molar-refractivity contribution in [3.8, 4) is 11.5 Å². The van der Waals surface area contributed by atoms with Gasteiger partial charge in [0.1, 0.15) is 16.0 Å². The maximum absolute atomic E-state index is 9.92. The zero-order valence-electron chi connectivity index (χ0n) is 9.42. The van der Waals surface area contributed by atoms with Crippen LogP contribution < -0.4 is 9.47 Å². The van der Waals surface area contributed by atoms with Crippen molar-refractivity contribution in [2.75, 3.05) is 14.2 Å². The van der Waals surface area contributed by atoms with Crippen LogP contribution in [0.4, 0.5) is 0 Å². The summed E-state index contributed by atoms with van der Waals surface area (Å²) in [5, 5.41) is 9.92. The van der Waals surface area contributed by atoms with Gasteiger partial charge in [0.15, 0.2) is 0 Å². The van der Waals surface area contributed by atoms with Gasteiger partial charge in [0.2, 0.25) is 0 Å². The van der Waals surface area contributed by atoms with Crippen molar-refractivity contribution in [1.29, 1.82) is 0 Å². The second-order valence-electron chi connectivity index (χ2n) is 4.18. The van der Waals surface area contributed by atoms with Crippen molar-refractivity contribution in [2.24, 2.45) is 0 Å². The van der Waals surface area contributed by atoms with Crippen LogP contribution in [0, 0.1) is 0 Å². The second kappa shape index (κ2) is 4.26. The van der Waals surface area contributed by atoms with Crippen LogP contribution in [0.15, 0.2) is 16.6 Å². The summed E-state index contributed by atoms with van der Waals surface area (Å²) >= 11 is 3.45. The average molecular weight is 287 g/mol. The predicted molar refractivity (Wildman–Crippen MR) is 65.1 cm³/mol. The van der Waals surface area contributed by atoms with E-state index < -0.39 is 5.60 Å². The molecule has 88 valence electrons. The molecule has 4 heteroatoms. The summed E-state index contributed by atoms with van der Waals surface area (Å²) in [6.45, 7) is 0. The molecule has 0 aromatic heterocycles. The van der Waals surface area contributed by atoms with Crippen molar-refractivity contribution in [3.63, 3.8) is 0 Å². The Balaban J connectivity index is 2.33. The summed E-state index contributed by atoms with van der Waals surface area (Å²) < 4.78 is 11.4. The minimum Gasteiger partial charge on any atom is -0.495 e. The normalized spacial score (nSPS) is 17.0. The molecule has 1 N–H and O–H groups in total. The summed E-state index contributed by atoms with van der Waals surface area (Å²) in [5.74, 6) is 1.49. The van der Waals surface area contributed by atoms with Crippen LogP contribution in [0.2, 0.25) is 0 Å². The fourth-order valence-electron chi connectivity index (χ4n) is 1.77. The van der Waals surface area contributed by atoms with Crippen molar-refractivity contribution in [3.05, 3.63) is 22.2 Å². The van der Waals surface area contributed by atoms with E-state index in [1.165, 1.54) is 0 Å². The number of methoxy groups -OCH3 is 2. The molecular weight excluding hydrogens is 272 g/mol. The predicted octanol–water partition coefficient (Wildman–Crippen LogP) is 2.53. The fraction of sp³-hybridized carbons (Fsp3) is 0.500. The summed E-state index contributed by atoms with van der Waals surface area (Å²) in [6.07, 6.45) is 2.39. The molecule has 0 radical (unpaired) electrons. The third-order valence-electron chi connectivity index (χ3n) is 2.91. The Labute approximate surface area is 104 Å². The highest BCUT2D eigenvalue weighted by Crippen LogP contribution is 2.43. The van der Waals surface area contributed by atoms with E-state index in [0.29, 0.717) is 6.42 Å². The van der Waals surface area contributed by atoms with Crippen LogP contribution in [0.25, 0.3) is 0 Å². The van der Waals surface area contributed by atoms with Gasteiger partial charge in [-0.05, 0) is 40.4 Å². The molecule has 0 aliphatic heterocycles. The van der Waals surface area contributed by atoms with Crippen LogP contribution in [0.3, 0.4) is 0 Å². The largest absolute Gasteiger partial charge is 0.495 e. The molecule has 16 heavy (non-hydrogen) atoms. The Hall–Kier alpha value is -0.740. The monoisotopic (exact) mass is 286 g/mol. The van der Waals surface area contributed by atoms with E-state index in [1.807, 2.05) is 12.1 Å². The SMILES string of the molecule is COc1ccc(CC2(O)CC2)c(OC)c1Br. The molecule has 0 heterocycles. The molecule has 1 saturated carbocycles. The first-order valence-corrected chi connectivity index (χ1v) is 6.01. The van der Waals surface area contributed by atoms with Gasteiger partial charge in [0.05, 0.1) is 19.8 Å². The summed E-state index contributed by atoms with van der Waals surface area (Å²) in [6, 6.07) is 3.83. The van der Waals surface area contributed by atoms with Gasteiger partial charge < -0.3 is 14.6 Å². The van der Waals surface area contributed by atoms with E-state index in [9.17, 15) is 5.11 Å². The first kappa shape index (κ1) is 11.7. The van der Waals surface area contributed by atoms with E-state index in [0.717, 1.165) is 34.4 Å². The van der Waals surface area contributed by atoms with Crippen LogP contribution >= 0.6 is 15.9 Å². The first-order chi connectivity index (χ1) is 7.59. The lowest BCUT2D eigenvalue weighted by Gasteiger charge is -2.15. The number of hydrogen-bond donors (Lipinski definition) is 1. The lowest BCUT2D eigenvalue weighted by Crippen LogP contribution is -2.11. The topological polar surface area (TPSA) is 38.7 Å². The molecule has 0 atom stereocenters. The Morgan fingerprint density at radius 3 is 2.50 bits per heavy atom. The molecule has 0 spiro atoms. The number of rotatable bonds is 4. The summed E-state index contributed by atoms with van der Waals surface area (Å²) in [5.41, 5.74) is 0.497. The van der Waals surface area contributed by atoms with E-state index >= 15 is 0 Å². The van der Waals surface area contributed by atoms with Gasteiger partial charge in [-0.15, -0.1) is 0 Å². The number of benzene rings is 1. The number of ether oxygens (including phenoxy) is 2. The third kappa shape index (κ3) is 2.18. The molecule has 0 amide bonds. The maximum Gasteiger partial charge on any atom is 0.140 e. The van der Waals surface area contributed by atoms with Gasteiger partial charge in [-0.3, -0.25) is 0 Å². The minimum atomic E-state index is -0.513. The van der Waals surface area contributed by atoms with Gasteiger partial charge in [0, 0.05) is 6.42 Å². The van der Waals surface area contributed by atoms with E-state index in [4.69, 9.17) is 9.47 Å². The van der Waals surface area contributed by atoms with Crippen LogP contribution in [-0.2, 0) is 6.42 Å². The van der Waals surface area contributed by atoms with Crippen LogP contribution in [-0.4, -0.2) is 24.9 Å². The van der Waals surface area contributed by atoms with Gasteiger partial charge in [-0.2, -0.15) is 0 Å². The minimum absolute atomic E-state index is 0.513. The van der Waals surface area contributed by atoms with Gasteiger partial charge in [0.25, 0.3) is 0 Å². The average Bonchev–Trinajstić information content (AvgIpc) is 2.97. The van der Waals surface area contributed by atoms with Gasteiger partial charge in [-0.25, -0.2) is 0 Å². The van der Waals surface area contributed by atoms with Crippen molar-refractivity contribution >= 4 is 15.9 Å². The molecule has 1 aliphatic carbocycles. The highest BCUT2D eigenvalue weighted by molar-refractivity contribution is 9.10. The molecule has 1 aliphatic rings. The second-order valence-corrected chi connectivity index (χ2v) is 4.97. The van der Waals surface area contributed by atoms with Gasteiger partial charge in [-0.1, -0.05) is 6.07 Å².